The van der Waals surface area contributed by atoms with E-state index in [4.69, 9.17) is 4.74 Å². The van der Waals surface area contributed by atoms with Crippen molar-refractivity contribution in [2.75, 3.05) is 0 Å². The number of benzene rings is 1. The number of carbonyl (C=O) groups excluding carboxylic acids is 1. The first-order valence-corrected chi connectivity index (χ1v) is 6.92. The van der Waals surface area contributed by atoms with Gasteiger partial charge < -0.3 is 10.1 Å². The van der Waals surface area contributed by atoms with Gasteiger partial charge in [-0.25, -0.2) is 4.79 Å². The predicted octanol–water partition coefficient (Wildman–Crippen LogP) is 3.31. The van der Waals surface area contributed by atoms with Gasteiger partial charge in [0.25, 0.3) is 0 Å². The molecule has 6 heteroatoms. The lowest BCUT2D eigenvalue weighted by Crippen LogP contribution is -2.42. The third kappa shape index (κ3) is 5.41. The Labute approximate surface area is 124 Å². The van der Waals surface area contributed by atoms with Crippen molar-refractivity contribution in [3.63, 3.8) is 0 Å². The van der Waals surface area contributed by atoms with Gasteiger partial charge in [0.1, 0.15) is 11.6 Å². The number of alkyl carbamates (subject to hydrolysis) is 1. The first-order valence-electron chi connectivity index (χ1n) is 6.92. The van der Waals surface area contributed by atoms with Crippen LogP contribution in [0, 0.1) is 10.1 Å². The van der Waals surface area contributed by atoms with E-state index in [-0.39, 0.29) is 4.92 Å². The molecule has 0 bridgehead atoms. The molecule has 0 fully saturated rings. The van der Waals surface area contributed by atoms with E-state index in [0.29, 0.717) is 12.0 Å². The van der Waals surface area contributed by atoms with Gasteiger partial charge in [-0.1, -0.05) is 37.3 Å². The summed E-state index contributed by atoms with van der Waals surface area (Å²) in [6, 6.07) is 7.28. The van der Waals surface area contributed by atoms with E-state index in [0.717, 1.165) is 0 Å². The van der Waals surface area contributed by atoms with E-state index in [9.17, 15) is 14.9 Å². The van der Waals surface area contributed by atoms with Crippen molar-refractivity contribution >= 4 is 6.09 Å². The van der Waals surface area contributed by atoms with Crippen LogP contribution in [0.3, 0.4) is 0 Å². The lowest BCUT2D eigenvalue weighted by molar-refractivity contribution is -0.528. The highest BCUT2D eigenvalue weighted by molar-refractivity contribution is 5.68. The van der Waals surface area contributed by atoms with Crippen LogP contribution in [0.5, 0.6) is 0 Å². The van der Waals surface area contributed by atoms with Crippen LogP contribution in [0.15, 0.2) is 30.3 Å². The van der Waals surface area contributed by atoms with E-state index in [1.54, 1.807) is 52.0 Å². The molecule has 0 saturated carbocycles. The highest BCUT2D eigenvalue weighted by atomic mass is 16.6. The molecular weight excluding hydrogens is 272 g/mol. The number of nitro groups is 1. The smallest absolute Gasteiger partial charge is 0.408 e. The zero-order valence-corrected chi connectivity index (χ0v) is 12.8. The summed E-state index contributed by atoms with van der Waals surface area (Å²) >= 11 is 0. The lowest BCUT2D eigenvalue weighted by Gasteiger charge is -2.25. The van der Waals surface area contributed by atoms with Gasteiger partial charge in [0, 0.05) is 11.3 Å². The molecule has 0 heterocycles. The summed E-state index contributed by atoms with van der Waals surface area (Å²) in [6.07, 6.45) is -0.348. The molecule has 0 radical (unpaired) electrons. The number of carbonyl (C=O) groups is 1. The third-order valence-corrected chi connectivity index (χ3v) is 2.90. The van der Waals surface area contributed by atoms with Crippen molar-refractivity contribution in [1.29, 1.82) is 0 Å². The van der Waals surface area contributed by atoms with Crippen molar-refractivity contribution in [2.24, 2.45) is 0 Å². The SMILES string of the molecule is CC[C@@H]([C@@H](NC(=O)OC(C)(C)C)c1ccccc1)[N+](=O)[O-]. The minimum absolute atomic E-state index is 0.308. The Morgan fingerprint density at radius 2 is 1.90 bits per heavy atom. The third-order valence-electron chi connectivity index (χ3n) is 2.90. The molecule has 0 aliphatic rings. The van der Waals surface area contributed by atoms with Gasteiger partial charge in [-0.15, -0.1) is 0 Å². The van der Waals surface area contributed by atoms with Crippen LogP contribution in [0.2, 0.25) is 0 Å². The Kier molecular flexibility index (Phi) is 5.69. The summed E-state index contributed by atoms with van der Waals surface area (Å²) in [5, 5.41) is 13.8. The molecule has 0 aliphatic heterocycles. The van der Waals surface area contributed by atoms with Gasteiger partial charge in [-0.2, -0.15) is 0 Å². The van der Waals surface area contributed by atoms with Crippen LogP contribution in [-0.4, -0.2) is 22.7 Å². The quantitative estimate of drug-likeness (QED) is 0.667. The van der Waals surface area contributed by atoms with E-state index in [1.807, 2.05) is 6.07 Å². The Hall–Kier alpha value is -2.11. The van der Waals surface area contributed by atoms with Crippen molar-refractivity contribution < 1.29 is 14.5 Å². The first kappa shape index (κ1) is 16.9. The van der Waals surface area contributed by atoms with Crippen molar-refractivity contribution in [2.45, 2.75) is 51.8 Å². The fraction of sp³-hybridized carbons (Fsp3) is 0.533. The fourth-order valence-corrected chi connectivity index (χ4v) is 2.00. The maximum atomic E-state index is 11.9. The van der Waals surface area contributed by atoms with Crippen LogP contribution in [0.25, 0.3) is 0 Å². The van der Waals surface area contributed by atoms with E-state index in [2.05, 4.69) is 5.32 Å². The normalized spacial score (nSPS) is 14.1. The molecule has 2 atom stereocenters. The fourth-order valence-electron chi connectivity index (χ4n) is 2.00. The van der Waals surface area contributed by atoms with E-state index >= 15 is 0 Å². The topological polar surface area (TPSA) is 81.5 Å². The van der Waals surface area contributed by atoms with Gasteiger partial charge >= 0.3 is 6.09 Å². The van der Waals surface area contributed by atoms with E-state index < -0.39 is 23.8 Å². The summed E-state index contributed by atoms with van der Waals surface area (Å²) in [6.45, 7) is 6.96. The van der Waals surface area contributed by atoms with Crippen LogP contribution < -0.4 is 5.32 Å². The molecule has 1 aromatic carbocycles. The first-order chi connectivity index (χ1) is 9.74. The van der Waals surface area contributed by atoms with Crippen LogP contribution in [0.1, 0.15) is 45.7 Å². The number of hydrogen-bond donors (Lipinski definition) is 1. The van der Waals surface area contributed by atoms with Crippen LogP contribution in [0.4, 0.5) is 4.79 Å². The number of ether oxygens (including phenoxy) is 1. The Morgan fingerprint density at radius 1 is 1.33 bits per heavy atom. The Morgan fingerprint density at radius 3 is 2.33 bits per heavy atom. The van der Waals surface area contributed by atoms with Gasteiger partial charge in [0.15, 0.2) is 0 Å². The average molecular weight is 294 g/mol. The minimum atomic E-state index is -0.903. The Bertz CT molecular complexity index is 482. The van der Waals surface area contributed by atoms with E-state index in [1.165, 1.54) is 0 Å². The molecule has 0 unspecified atom stereocenters. The van der Waals surface area contributed by atoms with Crippen LogP contribution in [-0.2, 0) is 4.74 Å². The molecular formula is C15H22N2O4. The van der Waals surface area contributed by atoms with Crippen molar-refractivity contribution in [3.8, 4) is 0 Å². The molecule has 1 rings (SSSR count). The summed E-state index contributed by atoms with van der Waals surface area (Å²) in [5.41, 5.74) is 0.0358. The molecule has 6 nitrogen and oxygen atoms in total. The Balaban J connectivity index is 2.98. The minimum Gasteiger partial charge on any atom is -0.444 e. The molecule has 1 aromatic rings. The molecule has 0 spiro atoms. The van der Waals surface area contributed by atoms with Gasteiger partial charge in [0.2, 0.25) is 6.04 Å². The summed E-state index contributed by atoms with van der Waals surface area (Å²) in [4.78, 5) is 22.8. The standard InChI is InChI=1S/C15H22N2O4/c1-5-12(17(19)20)13(11-9-7-6-8-10-11)16-14(18)21-15(2,3)4/h6-10,12-13H,5H2,1-4H3,(H,16,18)/t12-,13-/m0/s1. The second-order valence-electron chi connectivity index (χ2n) is 5.80. The second-order valence-corrected chi connectivity index (χ2v) is 5.80. The number of rotatable bonds is 5. The van der Waals surface area contributed by atoms with Gasteiger partial charge in [-0.3, -0.25) is 10.1 Å². The molecule has 1 N–H and O–H groups in total. The maximum absolute atomic E-state index is 11.9. The molecule has 0 aromatic heterocycles. The number of nitrogens with zero attached hydrogens (tertiary/aromatic N) is 1. The van der Waals surface area contributed by atoms with Crippen molar-refractivity contribution in [3.05, 3.63) is 46.0 Å². The van der Waals surface area contributed by atoms with Crippen molar-refractivity contribution in [1.82, 2.24) is 5.32 Å². The van der Waals surface area contributed by atoms with Gasteiger partial charge in [0.05, 0.1) is 0 Å². The lowest BCUT2D eigenvalue weighted by atomic mass is 9.98. The molecule has 21 heavy (non-hydrogen) atoms. The zero-order valence-electron chi connectivity index (χ0n) is 12.8. The molecule has 0 saturated heterocycles. The highest BCUT2D eigenvalue weighted by Gasteiger charge is 2.33. The van der Waals surface area contributed by atoms with Gasteiger partial charge in [-0.05, 0) is 26.3 Å². The highest BCUT2D eigenvalue weighted by Crippen LogP contribution is 2.22. The summed E-state index contributed by atoms with van der Waals surface area (Å²) in [7, 11) is 0. The van der Waals surface area contributed by atoms with Crippen LogP contribution >= 0.6 is 0 Å². The largest absolute Gasteiger partial charge is 0.444 e. The average Bonchev–Trinajstić information content (AvgIpc) is 2.37. The maximum Gasteiger partial charge on any atom is 0.408 e. The summed E-state index contributed by atoms with van der Waals surface area (Å²) in [5.74, 6) is 0. The number of hydrogen-bond acceptors (Lipinski definition) is 4. The second kappa shape index (κ2) is 7.06. The molecule has 1 amide bonds. The molecule has 116 valence electrons. The number of nitrogens with one attached hydrogen (secondary N) is 1. The predicted molar refractivity (Wildman–Crippen MR) is 79.6 cm³/mol. The summed E-state index contributed by atoms with van der Waals surface area (Å²) < 4.78 is 5.19. The number of amides is 1. The monoisotopic (exact) mass is 294 g/mol. The molecule has 0 aliphatic carbocycles. The zero-order chi connectivity index (χ0) is 16.0.